The van der Waals surface area contributed by atoms with Gasteiger partial charge < -0.3 is 14.5 Å². The summed E-state index contributed by atoms with van der Waals surface area (Å²) in [5.74, 6) is 0.326. The van der Waals surface area contributed by atoms with E-state index in [0.717, 1.165) is 41.7 Å². The molecule has 5 rings (SSSR count). The number of nitro groups is 1. The lowest BCUT2D eigenvalue weighted by molar-refractivity contribution is -0.402. The van der Waals surface area contributed by atoms with Crippen molar-refractivity contribution in [1.29, 1.82) is 0 Å². The number of furan rings is 1. The minimum Gasteiger partial charge on any atom is -0.482 e. The summed E-state index contributed by atoms with van der Waals surface area (Å²) < 4.78 is 12.4. The van der Waals surface area contributed by atoms with E-state index >= 15 is 0 Å². The fourth-order valence-electron chi connectivity index (χ4n) is 3.93. The van der Waals surface area contributed by atoms with Gasteiger partial charge in [0.25, 0.3) is 5.91 Å². The number of fused-ring (bicyclic) bond motifs is 1. The molecule has 2 aliphatic rings. The van der Waals surface area contributed by atoms with Crippen LogP contribution in [-0.4, -0.2) is 34.4 Å². The number of nitrogens with one attached hydrogen (secondary N) is 1. The summed E-state index contributed by atoms with van der Waals surface area (Å²) in [5.41, 5.74) is 2.19. The second-order valence-electron chi connectivity index (χ2n) is 7.86. The van der Waals surface area contributed by atoms with Crippen molar-refractivity contribution in [2.24, 2.45) is 10.1 Å². The number of anilines is 1. The number of hydrogen-bond donors (Lipinski definition) is 1. The van der Waals surface area contributed by atoms with Crippen LogP contribution in [0.3, 0.4) is 0 Å². The molecule has 3 aromatic rings. The normalized spacial score (nSPS) is 17.1. The van der Waals surface area contributed by atoms with Crippen molar-refractivity contribution in [3.63, 3.8) is 0 Å². The third-order valence-electron chi connectivity index (χ3n) is 5.55. The molecule has 0 bridgehead atoms. The minimum atomic E-state index is -0.589. The van der Waals surface area contributed by atoms with Gasteiger partial charge in [-0.15, -0.1) is 11.3 Å². The summed E-state index contributed by atoms with van der Waals surface area (Å²) in [6.07, 6.45) is 7.09. The van der Waals surface area contributed by atoms with E-state index in [1.807, 2.05) is 23.6 Å². The number of benzene rings is 1. The van der Waals surface area contributed by atoms with E-state index in [1.165, 1.54) is 36.1 Å². The van der Waals surface area contributed by atoms with Crippen molar-refractivity contribution in [2.45, 2.75) is 38.1 Å². The van der Waals surface area contributed by atoms with Gasteiger partial charge in [-0.05, 0) is 37.1 Å². The van der Waals surface area contributed by atoms with Gasteiger partial charge in [0.15, 0.2) is 12.4 Å². The Balaban J connectivity index is 1.55. The minimum absolute atomic E-state index is 0.00517. The van der Waals surface area contributed by atoms with Gasteiger partial charge in [-0.25, -0.2) is 4.68 Å². The Labute approximate surface area is 192 Å². The lowest BCUT2D eigenvalue weighted by Gasteiger charge is -2.18. The molecule has 3 heterocycles. The standard InChI is InChI=1S/C22H21N5O5S/c28-20-12-31-19-8-6-14(10-17(19)25-20)18-13-33-22(24-15-4-2-1-3-5-15)26(18)23-11-16-7-9-21(32-16)27(29)30/h6-11,13,15H,1-5,12H2,(H,25,28). The van der Waals surface area contributed by atoms with Crippen molar-refractivity contribution in [1.82, 2.24) is 4.68 Å². The third-order valence-corrected chi connectivity index (χ3v) is 6.38. The molecule has 11 heteroatoms. The average molecular weight is 468 g/mol. The molecular weight excluding hydrogens is 446 g/mol. The first-order valence-corrected chi connectivity index (χ1v) is 11.5. The summed E-state index contributed by atoms with van der Waals surface area (Å²) in [5, 5.41) is 20.2. The molecule has 1 amide bonds. The van der Waals surface area contributed by atoms with E-state index < -0.39 is 4.92 Å². The molecule has 0 saturated heterocycles. The van der Waals surface area contributed by atoms with Crippen LogP contribution in [-0.2, 0) is 4.79 Å². The van der Waals surface area contributed by atoms with Crippen LogP contribution in [0.5, 0.6) is 5.75 Å². The molecule has 0 radical (unpaired) electrons. The van der Waals surface area contributed by atoms with Crippen LogP contribution in [0.4, 0.5) is 11.6 Å². The first kappa shape index (κ1) is 21.1. The second-order valence-corrected chi connectivity index (χ2v) is 8.70. The van der Waals surface area contributed by atoms with Gasteiger partial charge in [0.1, 0.15) is 10.7 Å². The summed E-state index contributed by atoms with van der Waals surface area (Å²) in [7, 11) is 0. The smallest absolute Gasteiger partial charge is 0.433 e. The highest BCUT2D eigenvalue weighted by Crippen LogP contribution is 2.33. The summed E-state index contributed by atoms with van der Waals surface area (Å²) in [6, 6.07) is 8.57. The zero-order valence-electron chi connectivity index (χ0n) is 17.6. The van der Waals surface area contributed by atoms with Gasteiger partial charge >= 0.3 is 5.88 Å². The van der Waals surface area contributed by atoms with Crippen LogP contribution in [0.1, 0.15) is 37.9 Å². The Kier molecular flexibility index (Phi) is 5.78. The number of nitrogens with zero attached hydrogens (tertiary/aromatic N) is 4. The Bertz CT molecular complexity index is 1300. The number of aromatic nitrogens is 1. The molecule has 1 aliphatic carbocycles. The van der Waals surface area contributed by atoms with Crippen molar-refractivity contribution in [2.75, 3.05) is 11.9 Å². The molecule has 10 nitrogen and oxygen atoms in total. The Morgan fingerprint density at radius 3 is 2.85 bits per heavy atom. The summed E-state index contributed by atoms with van der Waals surface area (Å²) in [6.45, 7) is -0.00517. The number of ether oxygens (including phenoxy) is 1. The van der Waals surface area contributed by atoms with E-state index in [1.54, 1.807) is 4.68 Å². The Morgan fingerprint density at radius 2 is 2.06 bits per heavy atom. The zero-order valence-corrected chi connectivity index (χ0v) is 18.4. The van der Waals surface area contributed by atoms with Crippen molar-refractivity contribution in [3.8, 4) is 17.0 Å². The second kappa shape index (κ2) is 9.02. The topological polar surface area (TPSA) is 124 Å². The van der Waals surface area contributed by atoms with E-state index in [2.05, 4.69) is 10.4 Å². The van der Waals surface area contributed by atoms with Gasteiger partial charge in [0.2, 0.25) is 4.80 Å². The fraction of sp³-hybridized carbons (Fsp3) is 0.318. The van der Waals surface area contributed by atoms with Gasteiger partial charge in [0.05, 0.1) is 29.7 Å². The molecule has 1 aromatic carbocycles. The quantitative estimate of drug-likeness (QED) is 0.343. The monoisotopic (exact) mass is 467 g/mol. The Morgan fingerprint density at radius 1 is 1.21 bits per heavy atom. The predicted molar refractivity (Wildman–Crippen MR) is 123 cm³/mol. The van der Waals surface area contributed by atoms with Crippen LogP contribution in [0.2, 0.25) is 0 Å². The van der Waals surface area contributed by atoms with Gasteiger partial charge in [-0.2, -0.15) is 5.10 Å². The molecule has 1 N–H and O–H groups in total. The average Bonchev–Trinajstić information content (AvgIpc) is 3.45. The van der Waals surface area contributed by atoms with Crippen LogP contribution in [0, 0.1) is 10.1 Å². The number of carbonyl (C=O) groups is 1. The van der Waals surface area contributed by atoms with Crippen molar-refractivity contribution in [3.05, 3.63) is 56.4 Å². The van der Waals surface area contributed by atoms with Crippen LogP contribution < -0.4 is 14.9 Å². The Hall–Kier alpha value is -3.73. The molecule has 33 heavy (non-hydrogen) atoms. The predicted octanol–water partition coefficient (Wildman–Crippen LogP) is 4.16. The number of hydrogen-bond acceptors (Lipinski definition) is 8. The molecule has 1 saturated carbocycles. The number of thiazole rings is 1. The third kappa shape index (κ3) is 4.58. The molecule has 0 atom stereocenters. The summed E-state index contributed by atoms with van der Waals surface area (Å²) >= 11 is 1.47. The first-order valence-electron chi connectivity index (χ1n) is 10.7. The number of amides is 1. The lowest BCUT2D eigenvalue weighted by Crippen LogP contribution is -2.25. The van der Waals surface area contributed by atoms with E-state index in [4.69, 9.17) is 14.1 Å². The lowest BCUT2D eigenvalue weighted by atomic mass is 9.96. The maximum absolute atomic E-state index is 11.7. The molecule has 170 valence electrons. The SMILES string of the molecule is O=C1COc2ccc(-c3csc(=NC4CCCCC4)n3N=Cc3ccc([N+](=O)[O-])o3)cc2N1. The van der Waals surface area contributed by atoms with Crippen LogP contribution >= 0.6 is 11.3 Å². The number of rotatable bonds is 5. The highest BCUT2D eigenvalue weighted by atomic mass is 32.1. The van der Waals surface area contributed by atoms with E-state index in [-0.39, 0.29) is 30.2 Å². The van der Waals surface area contributed by atoms with Crippen LogP contribution in [0.15, 0.2) is 50.2 Å². The molecule has 0 spiro atoms. The highest BCUT2D eigenvalue weighted by molar-refractivity contribution is 7.07. The highest BCUT2D eigenvalue weighted by Gasteiger charge is 2.19. The number of carbonyl (C=O) groups excluding carboxylic acids is 1. The molecular formula is C22H21N5O5S. The van der Waals surface area contributed by atoms with Gasteiger partial charge in [-0.3, -0.25) is 19.9 Å². The van der Waals surface area contributed by atoms with Gasteiger partial charge in [0, 0.05) is 10.9 Å². The fourth-order valence-corrected chi connectivity index (χ4v) is 4.84. The van der Waals surface area contributed by atoms with Crippen molar-refractivity contribution < 1.29 is 18.9 Å². The maximum atomic E-state index is 11.7. The molecule has 0 unspecified atom stereocenters. The van der Waals surface area contributed by atoms with E-state index in [9.17, 15) is 14.9 Å². The first-order chi connectivity index (χ1) is 16.1. The van der Waals surface area contributed by atoms with Gasteiger partial charge in [-0.1, -0.05) is 19.3 Å². The summed E-state index contributed by atoms with van der Waals surface area (Å²) in [4.78, 5) is 27.7. The van der Waals surface area contributed by atoms with Crippen LogP contribution in [0.25, 0.3) is 11.3 Å². The molecule has 1 aliphatic heterocycles. The zero-order chi connectivity index (χ0) is 22.8. The largest absolute Gasteiger partial charge is 0.482 e. The molecule has 2 aromatic heterocycles. The maximum Gasteiger partial charge on any atom is 0.433 e. The van der Waals surface area contributed by atoms with E-state index in [0.29, 0.717) is 11.4 Å². The molecule has 1 fully saturated rings. The van der Waals surface area contributed by atoms with Crippen molar-refractivity contribution >= 4 is 35.0 Å².